The number of halogens is 2. The molecule has 0 saturated carbocycles. The molecule has 31 heavy (non-hydrogen) atoms. The van der Waals surface area contributed by atoms with Crippen molar-refractivity contribution in [2.45, 2.75) is 12.1 Å². The fourth-order valence-corrected chi connectivity index (χ4v) is 4.89. The van der Waals surface area contributed by atoms with Gasteiger partial charge in [-0.3, -0.25) is 14.2 Å². The first-order chi connectivity index (χ1) is 14.8. The second-order valence-electron chi connectivity index (χ2n) is 6.50. The Morgan fingerprint density at radius 3 is 2.77 bits per heavy atom. The number of carbonyl (C=O) groups is 1. The Bertz CT molecular complexity index is 1410. The second-order valence-corrected chi connectivity index (χ2v) is 9.55. The van der Waals surface area contributed by atoms with Crippen LogP contribution in [0, 0.1) is 16.7 Å². The van der Waals surface area contributed by atoms with Gasteiger partial charge in [-0.15, -0.1) is 0 Å². The molecule has 158 valence electrons. The second kappa shape index (κ2) is 8.91. The first-order valence-corrected chi connectivity index (χ1v) is 11.5. The van der Waals surface area contributed by atoms with Gasteiger partial charge in [0.15, 0.2) is 14.8 Å². The number of hydrogen-bond acceptors (Lipinski definition) is 6. The van der Waals surface area contributed by atoms with Gasteiger partial charge in [0.2, 0.25) is 5.91 Å². The molecule has 0 fully saturated rings. The highest BCUT2D eigenvalue weighted by atomic mass is 35.5. The van der Waals surface area contributed by atoms with Crippen LogP contribution in [0.5, 0.6) is 0 Å². The van der Waals surface area contributed by atoms with Crippen molar-refractivity contribution in [1.29, 1.82) is 0 Å². The molecule has 2 aromatic heterocycles. The number of thioether (sulfide) groups is 1. The number of nitrogens with one attached hydrogen (secondary N) is 2. The predicted molar refractivity (Wildman–Crippen MR) is 126 cm³/mol. The Hall–Kier alpha value is -2.53. The summed E-state index contributed by atoms with van der Waals surface area (Å²) >= 11 is 13.6. The number of benzene rings is 2. The molecule has 0 aliphatic rings. The number of hydrogen-bond donors (Lipinski definition) is 2. The maximum Gasteiger partial charge on any atom is 0.271 e. The van der Waals surface area contributed by atoms with Crippen LogP contribution in [-0.2, 0) is 4.79 Å². The Kier molecular flexibility index (Phi) is 6.24. The first-order valence-electron chi connectivity index (χ1n) is 8.92. The molecular weight excluding hydrogens is 479 g/mol. The zero-order valence-electron chi connectivity index (χ0n) is 15.9. The van der Waals surface area contributed by atoms with Crippen molar-refractivity contribution in [2.24, 2.45) is 0 Å². The lowest BCUT2D eigenvalue weighted by molar-refractivity contribution is -0.113. The molecule has 2 heterocycles. The number of nitrogens with zero attached hydrogens (tertiary/aromatic N) is 2. The summed E-state index contributed by atoms with van der Waals surface area (Å²) in [5.41, 5.74) is 1.75. The average molecular weight is 493 g/mol. The van der Waals surface area contributed by atoms with E-state index in [9.17, 15) is 14.0 Å². The van der Waals surface area contributed by atoms with E-state index in [1.54, 1.807) is 41.8 Å². The van der Waals surface area contributed by atoms with Gasteiger partial charge in [0.05, 0.1) is 5.75 Å². The number of carbonyl (C=O) groups excluding carboxylic acids is 1. The van der Waals surface area contributed by atoms with Crippen LogP contribution in [0.15, 0.2) is 52.4 Å². The highest BCUT2D eigenvalue weighted by molar-refractivity contribution is 7.99. The lowest BCUT2D eigenvalue weighted by Crippen LogP contribution is -2.15. The van der Waals surface area contributed by atoms with Crippen molar-refractivity contribution in [3.05, 3.63) is 73.2 Å². The molecule has 0 radical (unpaired) electrons. The quantitative estimate of drug-likeness (QED) is 0.223. The van der Waals surface area contributed by atoms with E-state index in [2.05, 4.69) is 15.3 Å². The summed E-state index contributed by atoms with van der Waals surface area (Å²) in [6.45, 7) is 1.62. The molecule has 0 saturated heterocycles. The van der Waals surface area contributed by atoms with Gasteiger partial charge in [0.1, 0.15) is 10.5 Å². The molecule has 11 heteroatoms. The minimum Gasteiger partial charge on any atom is -0.325 e. The van der Waals surface area contributed by atoms with E-state index < -0.39 is 0 Å². The van der Waals surface area contributed by atoms with E-state index in [1.165, 1.54) is 12.1 Å². The summed E-state index contributed by atoms with van der Waals surface area (Å²) in [6, 6.07) is 11.4. The largest absolute Gasteiger partial charge is 0.325 e. The molecule has 0 atom stereocenters. The summed E-state index contributed by atoms with van der Waals surface area (Å²) in [7, 11) is 0. The summed E-state index contributed by atoms with van der Waals surface area (Å²) < 4.78 is 15.9. The van der Waals surface area contributed by atoms with Crippen LogP contribution in [-0.4, -0.2) is 26.2 Å². The number of aromatic amines is 1. The van der Waals surface area contributed by atoms with Crippen molar-refractivity contribution >= 4 is 68.9 Å². The normalized spacial score (nSPS) is 11.1. The molecule has 2 N–H and O–H groups in total. The highest BCUT2D eigenvalue weighted by Gasteiger charge is 2.15. The number of rotatable bonds is 5. The van der Waals surface area contributed by atoms with Crippen LogP contribution in [0.3, 0.4) is 0 Å². The third-order valence-electron chi connectivity index (χ3n) is 4.29. The Balaban J connectivity index is 1.58. The van der Waals surface area contributed by atoms with Gasteiger partial charge in [-0.2, -0.15) is 0 Å². The van der Waals surface area contributed by atoms with Crippen LogP contribution in [0.25, 0.3) is 16.0 Å². The minimum atomic E-state index is -0.340. The molecule has 0 unspecified atom stereocenters. The third-order valence-corrected chi connectivity index (χ3v) is 6.77. The Morgan fingerprint density at radius 1 is 1.32 bits per heavy atom. The van der Waals surface area contributed by atoms with Gasteiger partial charge in [0, 0.05) is 16.4 Å². The van der Waals surface area contributed by atoms with Crippen molar-refractivity contribution in [2.75, 3.05) is 11.1 Å². The molecule has 2 aromatic carbocycles. The average Bonchev–Trinajstić information content (AvgIpc) is 3.06. The Labute approximate surface area is 194 Å². The van der Waals surface area contributed by atoms with Gasteiger partial charge in [0.25, 0.3) is 5.56 Å². The third kappa shape index (κ3) is 4.72. The maximum atomic E-state index is 13.4. The van der Waals surface area contributed by atoms with Crippen LogP contribution in [0.2, 0.25) is 5.02 Å². The molecule has 4 aromatic rings. The number of aryl methyl sites for hydroxylation is 1. The smallest absolute Gasteiger partial charge is 0.271 e. The molecule has 0 bridgehead atoms. The van der Waals surface area contributed by atoms with Gasteiger partial charge in [-0.25, -0.2) is 9.37 Å². The van der Waals surface area contributed by atoms with E-state index in [0.717, 1.165) is 28.8 Å². The predicted octanol–water partition coefficient (Wildman–Crippen LogP) is 5.34. The van der Waals surface area contributed by atoms with E-state index >= 15 is 0 Å². The fraction of sp³-hybridized carbons (Fsp3) is 0.100. The molecule has 0 aliphatic heterocycles. The molecular formula is C20H14ClFN4O2S3. The summed E-state index contributed by atoms with van der Waals surface area (Å²) in [5.74, 6) is -0.636. The lowest BCUT2D eigenvalue weighted by atomic mass is 10.2. The van der Waals surface area contributed by atoms with Crippen molar-refractivity contribution in [3.8, 4) is 5.69 Å². The van der Waals surface area contributed by atoms with E-state index in [-0.39, 0.29) is 23.0 Å². The van der Waals surface area contributed by atoms with E-state index in [0.29, 0.717) is 35.7 Å². The summed E-state index contributed by atoms with van der Waals surface area (Å²) in [6.07, 6.45) is 0. The number of amides is 1. The standard InChI is InChI=1S/C20H14ClFN4O2S3/c1-10-8-12(4-7-14(10)22)23-15(27)9-30-19-24-17-16(18(28)25-19)31-20(29)26(17)13-5-2-11(21)3-6-13/h2-8H,9H2,1H3,(H,23,27)(H,24,25,28). The number of fused-ring (bicyclic) bond motifs is 1. The van der Waals surface area contributed by atoms with Crippen molar-refractivity contribution in [3.63, 3.8) is 0 Å². The van der Waals surface area contributed by atoms with Crippen LogP contribution in [0.4, 0.5) is 10.1 Å². The lowest BCUT2D eigenvalue weighted by Gasteiger charge is -2.07. The molecule has 6 nitrogen and oxygen atoms in total. The van der Waals surface area contributed by atoms with Crippen LogP contribution in [0.1, 0.15) is 5.56 Å². The van der Waals surface area contributed by atoms with Crippen molar-refractivity contribution in [1.82, 2.24) is 14.5 Å². The maximum absolute atomic E-state index is 13.4. The fourth-order valence-electron chi connectivity index (χ4n) is 2.83. The van der Waals surface area contributed by atoms with Crippen LogP contribution < -0.4 is 10.9 Å². The molecule has 1 amide bonds. The van der Waals surface area contributed by atoms with E-state index in [4.69, 9.17) is 23.8 Å². The topological polar surface area (TPSA) is 79.8 Å². The Morgan fingerprint density at radius 2 is 2.06 bits per heavy atom. The summed E-state index contributed by atoms with van der Waals surface area (Å²) in [4.78, 5) is 32.0. The number of anilines is 1. The molecule has 4 rings (SSSR count). The minimum absolute atomic E-state index is 0.0106. The van der Waals surface area contributed by atoms with Crippen molar-refractivity contribution < 1.29 is 9.18 Å². The van der Waals surface area contributed by atoms with Gasteiger partial charge < -0.3 is 10.3 Å². The van der Waals surface area contributed by atoms with Gasteiger partial charge in [-0.1, -0.05) is 34.7 Å². The number of thiazole rings is 1. The summed E-state index contributed by atoms with van der Waals surface area (Å²) in [5, 5.41) is 3.57. The first kappa shape index (κ1) is 21.7. The van der Waals surface area contributed by atoms with Crippen LogP contribution >= 0.6 is 46.9 Å². The molecule has 0 spiro atoms. The highest BCUT2D eigenvalue weighted by Crippen LogP contribution is 2.25. The zero-order valence-corrected chi connectivity index (χ0v) is 19.1. The van der Waals surface area contributed by atoms with Gasteiger partial charge >= 0.3 is 0 Å². The van der Waals surface area contributed by atoms with E-state index in [1.807, 2.05) is 0 Å². The SMILES string of the molecule is Cc1cc(NC(=O)CSc2nc3c(sc(=S)n3-c3ccc(Cl)cc3)c(=O)[nH]2)ccc1F. The van der Waals surface area contributed by atoms with Gasteiger partial charge in [-0.05, 0) is 67.2 Å². The zero-order chi connectivity index (χ0) is 22.1. The number of aromatic nitrogens is 3. The monoisotopic (exact) mass is 492 g/mol. The molecule has 0 aliphatic carbocycles. The number of H-pyrrole nitrogens is 1.